The van der Waals surface area contributed by atoms with Gasteiger partial charge in [0.25, 0.3) is 5.91 Å². The minimum atomic E-state index is -0.677. The highest BCUT2D eigenvalue weighted by molar-refractivity contribution is 6.05. The van der Waals surface area contributed by atoms with E-state index >= 15 is 0 Å². The van der Waals surface area contributed by atoms with Crippen molar-refractivity contribution in [2.75, 3.05) is 5.32 Å². The Kier molecular flexibility index (Phi) is 7.88. The van der Waals surface area contributed by atoms with Gasteiger partial charge in [-0.15, -0.1) is 0 Å². The molecule has 0 saturated carbocycles. The molecule has 1 aliphatic heterocycles. The van der Waals surface area contributed by atoms with E-state index in [1.54, 1.807) is 12.4 Å². The average molecular weight is 471 g/mol. The molecule has 0 saturated heterocycles. The van der Waals surface area contributed by atoms with Gasteiger partial charge in [-0.1, -0.05) is 66.6 Å². The molecule has 1 aliphatic rings. The molecule has 180 valence electrons. The molecule has 2 aromatic carbocycles. The summed E-state index contributed by atoms with van der Waals surface area (Å²) < 4.78 is 0. The van der Waals surface area contributed by atoms with Crippen LogP contribution in [0.1, 0.15) is 56.4 Å². The zero-order valence-electron chi connectivity index (χ0n) is 20.2. The van der Waals surface area contributed by atoms with Crippen LogP contribution in [0, 0.1) is 5.92 Å². The Morgan fingerprint density at radius 3 is 2.51 bits per heavy atom. The SMILES string of the molecule is C/C(CC(C)C)=N/OC(c1ccccc1)c1ccc(NC(=O)[C@@H]2CC(c3cccnc3)=NO2)cc1. The Morgan fingerprint density at radius 2 is 1.83 bits per heavy atom. The lowest BCUT2D eigenvalue weighted by molar-refractivity contribution is -0.125. The van der Waals surface area contributed by atoms with Crippen LogP contribution in [0.15, 0.2) is 89.4 Å². The van der Waals surface area contributed by atoms with Gasteiger partial charge < -0.3 is 15.0 Å². The second kappa shape index (κ2) is 11.4. The molecule has 0 bridgehead atoms. The molecule has 0 radical (unpaired) electrons. The van der Waals surface area contributed by atoms with Crippen LogP contribution in [0.5, 0.6) is 0 Å². The minimum Gasteiger partial charge on any atom is -0.383 e. The number of benzene rings is 2. The second-order valence-electron chi connectivity index (χ2n) is 9.01. The Bertz CT molecular complexity index is 1180. The van der Waals surface area contributed by atoms with Crippen molar-refractivity contribution in [3.05, 3.63) is 95.8 Å². The number of carbonyl (C=O) groups excluding carboxylic acids is 1. The molecule has 0 spiro atoms. The Hall–Kier alpha value is -4.00. The topological polar surface area (TPSA) is 85.2 Å². The number of oxime groups is 2. The van der Waals surface area contributed by atoms with Crippen molar-refractivity contribution in [3.8, 4) is 0 Å². The van der Waals surface area contributed by atoms with Crippen LogP contribution in [0.25, 0.3) is 0 Å². The van der Waals surface area contributed by atoms with Crippen LogP contribution in [0.3, 0.4) is 0 Å². The van der Waals surface area contributed by atoms with Gasteiger partial charge in [0.1, 0.15) is 0 Å². The number of pyridine rings is 1. The first-order chi connectivity index (χ1) is 17.0. The maximum Gasteiger partial charge on any atom is 0.268 e. The van der Waals surface area contributed by atoms with Gasteiger partial charge in [0.05, 0.1) is 11.4 Å². The molecule has 1 unspecified atom stereocenters. The van der Waals surface area contributed by atoms with Gasteiger partial charge in [0.15, 0.2) is 6.10 Å². The van der Waals surface area contributed by atoms with E-state index in [1.165, 1.54) is 0 Å². The summed E-state index contributed by atoms with van der Waals surface area (Å²) in [6, 6.07) is 21.3. The first kappa shape index (κ1) is 24.1. The third-order valence-corrected chi connectivity index (χ3v) is 5.56. The van der Waals surface area contributed by atoms with Crippen LogP contribution in [-0.2, 0) is 14.5 Å². The zero-order chi connectivity index (χ0) is 24.6. The van der Waals surface area contributed by atoms with Gasteiger partial charge in [-0.3, -0.25) is 9.78 Å². The van der Waals surface area contributed by atoms with E-state index in [1.807, 2.05) is 73.7 Å². The molecule has 1 aromatic heterocycles. The molecule has 7 nitrogen and oxygen atoms in total. The van der Waals surface area contributed by atoms with Gasteiger partial charge in [-0.2, -0.15) is 0 Å². The molecule has 1 N–H and O–H groups in total. The normalized spacial score (nSPS) is 16.4. The fraction of sp³-hybridized carbons (Fsp3) is 0.286. The predicted octanol–water partition coefficient (Wildman–Crippen LogP) is 5.74. The summed E-state index contributed by atoms with van der Waals surface area (Å²) in [7, 11) is 0. The second-order valence-corrected chi connectivity index (χ2v) is 9.01. The number of hydrogen-bond acceptors (Lipinski definition) is 6. The summed E-state index contributed by atoms with van der Waals surface area (Å²) in [5.74, 6) is 0.264. The van der Waals surface area contributed by atoms with E-state index in [0.29, 0.717) is 23.7 Å². The number of carbonyl (C=O) groups is 1. The maximum absolute atomic E-state index is 12.7. The van der Waals surface area contributed by atoms with E-state index in [4.69, 9.17) is 9.68 Å². The van der Waals surface area contributed by atoms with E-state index < -0.39 is 6.10 Å². The Labute approximate surface area is 205 Å². The molecule has 3 aromatic rings. The lowest BCUT2D eigenvalue weighted by Gasteiger charge is -2.18. The number of hydrogen-bond donors (Lipinski definition) is 1. The van der Waals surface area contributed by atoms with Gasteiger partial charge >= 0.3 is 0 Å². The van der Waals surface area contributed by atoms with Crippen molar-refractivity contribution in [1.29, 1.82) is 0 Å². The fourth-order valence-corrected chi connectivity index (χ4v) is 3.90. The highest BCUT2D eigenvalue weighted by atomic mass is 16.6. The molecule has 7 heteroatoms. The number of nitrogens with one attached hydrogen (secondary N) is 1. The molecule has 4 rings (SSSR count). The molecule has 35 heavy (non-hydrogen) atoms. The van der Waals surface area contributed by atoms with Crippen LogP contribution in [0.2, 0.25) is 0 Å². The minimum absolute atomic E-state index is 0.245. The molecule has 0 aliphatic carbocycles. The van der Waals surface area contributed by atoms with E-state index in [0.717, 1.165) is 28.8 Å². The smallest absolute Gasteiger partial charge is 0.268 e. The van der Waals surface area contributed by atoms with Crippen molar-refractivity contribution in [2.24, 2.45) is 16.2 Å². The highest BCUT2D eigenvalue weighted by Crippen LogP contribution is 2.28. The number of amides is 1. The molecule has 1 amide bonds. The third kappa shape index (κ3) is 6.53. The van der Waals surface area contributed by atoms with E-state index in [2.05, 4.69) is 34.5 Å². The molecular weight excluding hydrogens is 440 g/mol. The summed E-state index contributed by atoms with van der Waals surface area (Å²) in [4.78, 5) is 28.2. The highest BCUT2D eigenvalue weighted by Gasteiger charge is 2.29. The van der Waals surface area contributed by atoms with E-state index in [-0.39, 0.29) is 12.0 Å². The zero-order valence-corrected chi connectivity index (χ0v) is 20.2. The first-order valence-electron chi connectivity index (χ1n) is 11.8. The summed E-state index contributed by atoms with van der Waals surface area (Å²) >= 11 is 0. The number of anilines is 1. The van der Waals surface area contributed by atoms with Gasteiger partial charge in [-0.25, -0.2) is 0 Å². The number of rotatable bonds is 9. The third-order valence-electron chi connectivity index (χ3n) is 5.56. The van der Waals surface area contributed by atoms with Crippen LogP contribution in [0.4, 0.5) is 5.69 Å². The lowest BCUT2D eigenvalue weighted by atomic mass is 10.0. The molecule has 2 heterocycles. The van der Waals surface area contributed by atoms with Gasteiger partial charge in [-0.05, 0) is 54.7 Å². The number of aromatic nitrogens is 1. The van der Waals surface area contributed by atoms with Crippen molar-refractivity contribution in [2.45, 2.75) is 45.8 Å². The molecular formula is C28H30N4O3. The Balaban J connectivity index is 1.42. The monoisotopic (exact) mass is 470 g/mol. The van der Waals surface area contributed by atoms with Crippen molar-refractivity contribution in [1.82, 2.24) is 4.98 Å². The van der Waals surface area contributed by atoms with Crippen molar-refractivity contribution < 1.29 is 14.5 Å². The quantitative estimate of drug-likeness (QED) is 0.319. The van der Waals surface area contributed by atoms with Crippen LogP contribution < -0.4 is 5.32 Å². The number of nitrogens with zero attached hydrogens (tertiary/aromatic N) is 3. The summed E-state index contributed by atoms with van der Waals surface area (Å²) in [5.41, 5.74) is 5.13. The van der Waals surface area contributed by atoms with Crippen LogP contribution in [-0.4, -0.2) is 28.4 Å². The summed E-state index contributed by atoms with van der Waals surface area (Å²) in [6.07, 6.45) is 3.65. The van der Waals surface area contributed by atoms with E-state index in [9.17, 15) is 4.79 Å². The van der Waals surface area contributed by atoms with Crippen molar-refractivity contribution in [3.63, 3.8) is 0 Å². The van der Waals surface area contributed by atoms with Crippen molar-refractivity contribution >= 4 is 23.0 Å². The van der Waals surface area contributed by atoms with Gasteiger partial charge in [0, 0.05) is 30.1 Å². The lowest BCUT2D eigenvalue weighted by Crippen LogP contribution is -2.28. The predicted molar refractivity (Wildman–Crippen MR) is 137 cm³/mol. The molecule has 0 fully saturated rings. The summed E-state index contributed by atoms with van der Waals surface area (Å²) in [6.45, 7) is 6.29. The average Bonchev–Trinajstić information content (AvgIpc) is 3.37. The summed E-state index contributed by atoms with van der Waals surface area (Å²) in [5, 5.41) is 11.4. The largest absolute Gasteiger partial charge is 0.383 e. The standard InChI is InChI=1S/C28H30N4O3/c1-19(2)16-20(3)31-35-27(21-8-5-4-6-9-21)22-11-13-24(14-12-22)30-28(33)26-17-25(32-34-26)23-10-7-15-29-18-23/h4-15,18-19,26-27H,16-17H2,1-3H3,(H,30,33)/b31-20-/t26-,27?/m0/s1. The fourth-order valence-electron chi connectivity index (χ4n) is 3.90. The Morgan fingerprint density at radius 1 is 1.09 bits per heavy atom. The van der Waals surface area contributed by atoms with Crippen LogP contribution >= 0.6 is 0 Å². The molecule has 2 atom stereocenters. The van der Waals surface area contributed by atoms with Gasteiger partial charge in [0.2, 0.25) is 6.10 Å². The maximum atomic E-state index is 12.7. The first-order valence-corrected chi connectivity index (χ1v) is 11.8.